The second kappa shape index (κ2) is 4.80. The number of nitrogens with one attached hydrogen (secondary N) is 2. The SMILES string of the molecule is C[C@@H](CN)NC(=O)CN1C(=O)NC(C)(C2CC2)C1=O. The molecule has 19 heavy (non-hydrogen) atoms. The van der Waals surface area contributed by atoms with E-state index in [9.17, 15) is 14.4 Å². The van der Waals surface area contributed by atoms with Crippen LogP contribution in [-0.2, 0) is 9.59 Å². The zero-order chi connectivity index (χ0) is 14.2. The Morgan fingerprint density at radius 3 is 2.74 bits per heavy atom. The van der Waals surface area contributed by atoms with E-state index in [0.717, 1.165) is 17.7 Å². The molecule has 4 amide bonds. The number of urea groups is 1. The van der Waals surface area contributed by atoms with Gasteiger partial charge in [0.25, 0.3) is 5.91 Å². The maximum Gasteiger partial charge on any atom is 0.325 e. The Balaban J connectivity index is 1.99. The molecule has 0 spiro atoms. The van der Waals surface area contributed by atoms with Crippen LogP contribution in [0, 0.1) is 5.92 Å². The Kier molecular flexibility index (Phi) is 3.49. The minimum Gasteiger partial charge on any atom is -0.351 e. The van der Waals surface area contributed by atoms with E-state index >= 15 is 0 Å². The van der Waals surface area contributed by atoms with E-state index in [4.69, 9.17) is 5.73 Å². The molecule has 1 saturated carbocycles. The summed E-state index contributed by atoms with van der Waals surface area (Å²) < 4.78 is 0. The van der Waals surface area contributed by atoms with Crippen LogP contribution in [0.2, 0.25) is 0 Å². The number of hydrogen-bond donors (Lipinski definition) is 3. The summed E-state index contributed by atoms with van der Waals surface area (Å²) in [6.07, 6.45) is 1.87. The van der Waals surface area contributed by atoms with E-state index in [1.807, 2.05) is 0 Å². The molecule has 2 aliphatic rings. The van der Waals surface area contributed by atoms with E-state index in [1.165, 1.54) is 0 Å². The minimum absolute atomic E-state index is 0.178. The summed E-state index contributed by atoms with van der Waals surface area (Å²) in [4.78, 5) is 36.8. The standard InChI is InChI=1S/C12H20N4O3/c1-7(5-13)14-9(17)6-16-10(18)12(2,8-3-4-8)15-11(16)19/h7-8H,3-6,13H2,1-2H3,(H,14,17)(H,15,19)/t7-,12?/m0/s1. The molecule has 0 aromatic rings. The molecule has 0 radical (unpaired) electrons. The van der Waals surface area contributed by atoms with Crippen molar-refractivity contribution in [2.45, 2.75) is 38.3 Å². The molecule has 7 heteroatoms. The number of nitrogens with zero attached hydrogens (tertiary/aromatic N) is 1. The van der Waals surface area contributed by atoms with Crippen LogP contribution in [0.3, 0.4) is 0 Å². The molecule has 0 aromatic heterocycles. The third-order valence-corrected chi connectivity index (χ3v) is 3.76. The van der Waals surface area contributed by atoms with E-state index in [1.54, 1.807) is 13.8 Å². The van der Waals surface area contributed by atoms with Gasteiger partial charge >= 0.3 is 6.03 Å². The van der Waals surface area contributed by atoms with E-state index in [2.05, 4.69) is 10.6 Å². The number of hydrogen-bond acceptors (Lipinski definition) is 4. The molecule has 7 nitrogen and oxygen atoms in total. The minimum atomic E-state index is -0.836. The Labute approximate surface area is 111 Å². The summed E-state index contributed by atoms with van der Waals surface area (Å²) in [5, 5.41) is 5.33. The fraction of sp³-hybridized carbons (Fsp3) is 0.750. The molecule has 1 aliphatic heterocycles. The summed E-state index contributed by atoms with van der Waals surface area (Å²) >= 11 is 0. The molecule has 1 unspecified atom stereocenters. The van der Waals surface area contributed by atoms with Crippen molar-refractivity contribution in [1.82, 2.24) is 15.5 Å². The van der Waals surface area contributed by atoms with Gasteiger partial charge in [0, 0.05) is 12.6 Å². The van der Waals surface area contributed by atoms with Gasteiger partial charge in [-0.05, 0) is 32.6 Å². The van der Waals surface area contributed by atoms with Crippen LogP contribution in [0.25, 0.3) is 0 Å². The average molecular weight is 268 g/mol. The lowest BCUT2D eigenvalue weighted by Crippen LogP contribution is -2.48. The number of amides is 4. The van der Waals surface area contributed by atoms with Gasteiger partial charge in [-0.15, -0.1) is 0 Å². The molecular weight excluding hydrogens is 248 g/mol. The van der Waals surface area contributed by atoms with Crippen LogP contribution in [0.1, 0.15) is 26.7 Å². The number of rotatable bonds is 5. The molecule has 2 rings (SSSR count). The maximum atomic E-state index is 12.2. The van der Waals surface area contributed by atoms with Crippen LogP contribution in [-0.4, -0.2) is 47.4 Å². The highest BCUT2D eigenvalue weighted by Gasteiger charge is 2.56. The van der Waals surface area contributed by atoms with Crippen LogP contribution in [0.4, 0.5) is 4.79 Å². The maximum absolute atomic E-state index is 12.2. The predicted molar refractivity (Wildman–Crippen MR) is 68.0 cm³/mol. The van der Waals surface area contributed by atoms with Crippen LogP contribution in [0.15, 0.2) is 0 Å². The summed E-state index contributed by atoms with van der Waals surface area (Å²) in [7, 11) is 0. The van der Waals surface area contributed by atoms with Crippen molar-refractivity contribution in [3.8, 4) is 0 Å². The third kappa shape index (κ3) is 2.56. The smallest absolute Gasteiger partial charge is 0.325 e. The molecular formula is C12H20N4O3. The molecule has 1 heterocycles. The molecule has 2 fully saturated rings. The van der Waals surface area contributed by atoms with Crippen molar-refractivity contribution in [3.05, 3.63) is 0 Å². The zero-order valence-corrected chi connectivity index (χ0v) is 11.2. The van der Waals surface area contributed by atoms with Crippen molar-refractivity contribution in [2.75, 3.05) is 13.1 Å². The lowest BCUT2D eigenvalue weighted by Gasteiger charge is -2.21. The van der Waals surface area contributed by atoms with Crippen molar-refractivity contribution >= 4 is 17.8 Å². The Hall–Kier alpha value is -1.63. The van der Waals surface area contributed by atoms with Gasteiger partial charge in [0.15, 0.2) is 0 Å². The average Bonchev–Trinajstić information content (AvgIpc) is 3.15. The topological polar surface area (TPSA) is 105 Å². The first-order valence-corrected chi connectivity index (χ1v) is 6.52. The summed E-state index contributed by atoms with van der Waals surface area (Å²) in [5.41, 5.74) is 4.56. The van der Waals surface area contributed by atoms with Gasteiger partial charge < -0.3 is 16.4 Å². The Morgan fingerprint density at radius 2 is 2.21 bits per heavy atom. The fourth-order valence-electron chi connectivity index (χ4n) is 2.32. The summed E-state index contributed by atoms with van der Waals surface area (Å²) in [5.74, 6) is -0.489. The Morgan fingerprint density at radius 1 is 1.58 bits per heavy atom. The lowest BCUT2D eigenvalue weighted by atomic mass is 9.96. The molecule has 106 valence electrons. The van der Waals surface area contributed by atoms with Crippen LogP contribution in [0.5, 0.6) is 0 Å². The van der Waals surface area contributed by atoms with Gasteiger partial charge in [-0.25, -0.2) is 4.79 Å². The van der Waals surface area contributed by atoms with Crippen molar-refractivity contribution in [1.29, 1.82) is 0 Å². The quantitative estimate of drug-likeness (QED) is 0.566. The predicted octanol–water partition coefficient (Wildman–Crippen LogP) is -0.830. The largest absolute Gasteiger partial charge is 0.351 e. The fourth-order valence-corrected chi connectivity index (χ4v) is 2.32. The van der Waals surface area contributed by atoms with Gasteiger partial charge in [-0.3, -0.25) is 14.5 Å². The van der Waals surface area contributed by atoms with Crippen LogP contribution < -0.4 is 16.4 Å². The summed E-state index contributed by atoms with van der Waals surface area (Å²) in [6, 6.07) is -0.668. The first kappa shape index (κ1) is 13.8. The number of imide groups is 1. The van der Waals surface area contributed by atoms with E-state index < -0.39 is 11.6 Å². The van der Waals surface area contributed by atoms with Crippen molar-refractivity contribution < 1.29 is 14.4 Å². The second-order valence-corrected chi connectivity index (χ2v) is 5.50. The van der Waals surface area contributed by atoms with Crippen molar-refractivity contribution in [3.63, 3.8) is 0 Å². The van der Waals surface area contributed by atoms with E-state index in [0.29, 0.717) is 6.54 Å². The van der Waals surface area contributed by atoms with E-state index in [-0.39, 0.29) is 30.3 Å². The second-order valence-electron chi connectivity index (χ2n) is 5.50. The van der Waals surface area contributed by atoms with Crippen LogP contribution >= 0.6 is 0 Å². The number of carbonyl (C=O) groups is 3. The molecule has 1 saturated heterocycles. The highest BCUT2D eigenvalue weighted by Crippen LogP contribution is 2.42. The number of nitrogens with two attached hydrogens (primary N) is 1. The van der Waals surface area contributed by atoms with Gasteiger partial charge in [0.2, 0.25) is 5.91 Å². The first-order valence-electron chi connectivity index (χ1n) is 6.52. The first-order chi connectivity index (χ1) is 8.88. The van der Waals surface area contributed by atoms with Crippen molar-refractivity contribution in [2.24, 2.45) is 11.7 Å². The Bertz CT molecular complexity index is 421. The molecule has 2 atom stereocenters. The summed E-state index contributed by atoms with van der Waals surface area (Å²) in [6.45, 7) is 3.55. The highest BCUT2D eigenvalue weighted by molar-refractivity contribution is 6.09. The number of carbonyl (C=O) groups excluding carboxylic acids is 3. The van der Waals surface area contributed by atoms with Gasteiger partial charge in [0.1, 0.15) is 12.1 Å². The molecule has 1 aliphatic carbocycles. The highest BCUT2D eigenvalue weighted by atomic mass is 16.2. The lowest BCUT2D eigenvalue weighted by molar-refractivity contribution is -0.135. The van der Waals surface area contributed by atoms with Gasteiger partial charge in [-0.2, -0.15) is 0 Å². The molecule has 0 aromatic carbocycles. The zero-order valence-electron chi connectivity index (χ0n) is 11.2. The molecule has 0 bridgehead atoms. The third-order valence-electron chi connectivity index (χ3n) is 3.76. The molecule has 4 N–H and O–H groups in total. The van der Waals surface area contributed by atoms with Gasteiger partial charge in [-0.1, -0.05) is 0 Å². The normalized spacial score (nSPS) is 28.3. The monoisotopic (exact) mass is 268 g/mol. The van der Waals surface area contributed by atoms with Gasteiger partial charge in [0.05, 0.1) is 0 Å².